The van der Waals surface area contributed by atoms with Gasteiger partial charge in [0.25, 0.3) is 5.91 Å². The molecule has 4 aliphatic rings. The summed E-state index contributed by atoms with van der Waals surface area (Å²) in [4.78, 5) is 28.7. The van der Waals surface area contributed by atoms with E-state index in [0.29, 0.717) is 37.4 Å². The molecule has 1 amide bonds. The molecule has 6 rings (SSSR count). The van der Waals surface area contributed by atoms with Crippen molar-refractivity contribution in [1.29, 1.82) is 0 Å². The molecule has 258 valence electrons. The number of piperidine rings is 1. The quantitative estimate of drug-likeness (QED) is 0.366. The first kappa shape index (κ1) is 34.0. The van der Waals surface area contributed by atoms with Crippen molar-refractivity contribution in [3.8, 4) is 11.5 Å². The Balaban J connectivity index is 1.06. The van der Waals surface area contributed by atoms with Crippen molar-refractivity contribution in [2.24, 2.45) is 5.41 Å². The van der Waals surface area contributed by atoms with Gasteiger partial charge in [-0.05, 0) is 83.7 Å². The molecule has 4 heterocycles. The molecule has 4 fully saturated rings. The molecular weight excluding hydrogens is 627 g/mol. The highest BCUT2D eigenvalue weighted by Gasteiger charge is 2.46. The van der Waals surface area contributed by atoms with Gasteiger partial charge in [-0.3, -0.25) is 4.79 Å². The molecule has 2 aromatic rings. The van der Waals surface area contributed by atoms with Gasteiger partial charge in [0.05, 0.1) is 41.9 Å². The molecule has 2 N–H and O–H groups in total. The Labute approximate surface area is 276 Å². The zero-order valence-corrected chi connectivity index (χ0v) is 28.3. The number of likely N-dealkylation sites (tertiary alicyclic amines) is 1. The molecule has 0 bridgehead atoms. The van der Waals surface area contributed by atoms with Crippen LogP contribution in [0.2, 0.25) is 0 Å². The van der Waals surface area contributed by atoms with E-state index in [4.69, 9.17) is 9.47 Å². The van der Waals surface area contributed by atoms with E-state index in [1.54, 1.807) is 18.0 Å². The van der Waals surface area contributed by atoms with Gasteiger partial charge in [-0.1, -0.05) is 6.92 Å². The summed E-state index contributed by atoms with van der Waals surface area (Å²) < 4.78 is 53.9. The van der Waals surface area contributed by atoms with Crippen LogP contribution < -0.4 is 14.4 Å². The first-order valence-corrected chi connectivity index (χ1v) is 18.4. The minimum Gasteiger partial charge on any atom is -0.451 e. The van der Waals surface area contributed by atoms with Gasteiger partial charge < -0.3 is 29.3 Å². The summed E-state index contributed by atoms with van der Waals surface area (Å²) in [5.41, 5.74) is 0.256. The molecule has 12 nitrogen and oxygen atoms in total. The number of aliphatic hydroxyl groups is 1. The highest BCUT2D eigenvalue weighted by Crippen LogP contribution is 2.45. The predicted octanol–water partition coefficient (Wildman–Crippen LogP) is 3.17. The summed E-state index contributed by atoms with van der Waals surface area (Å²) in [5.74, 6) is 0.303. The largest absolute Gasteiger partial charge is 0.451 e. The molecule has 1 saturated carbocycles. The summed E-state index contributed by atoms with van der Waals surface area (Å²) in [6.07, 6.45) is 7.24. The van der Waals surface area contributed by atoms with Crippen LogP contribution in [-0.2, 0) is 14.8 Å². The van der Waals surface area contributed by atoms with Gasteiger partial charge in [0.2, 0.25) is 10.0 Å². The summed E-state index contributed by atoms with van der Waals surface area (Å²) >= 11 is 0. The summed E-state index contributed by atoms with van der Waals surface area (Å²) in [7, 11) is -3.32. The normalized spacial score (nSPS) is 26.1. The zero-order chi connectivity index (χ0) is 33.3. The molecule has 1 aromatic heterocycles. The maximum absolute atomic E-state index is 14.5. The Morgan fingerprint density at radius 2 is 1.96 bits per heavy atom. The van der Waals surface area contributed by atoms with Gasteiger partial charge in [0, 0.05) is 37.6 Å². The van der Waals surface area contributed by atoms with Gasteiger partial charge in [0.1, 0.15) is 17.9 Å². The fraction of sp³-hybridized carbons (Fsp3) is 0.667. The highest BCUT2D eigenvalue weighted by molar-refractivity contribution is 7.90. The lowest BCUT2D eigenvalue weighted by molar-refractivity contribution is -0.0240. The Morgan fingerprint density at radius 3 is 2.57 bits per heavy atom. The van der Waals surface area contributed by atoms with Crippen molar-refractivity contribution in [3.05, 3.63) is 42.1 Å². The molecule has 14 heteroatoms. The number of benzene rings is 1. The lowest BCUT2D eigenvalue weighted by Gasteiger charge is -2.54. The van der Waals surface area contributed by atoms with Crippen molar-refractivity contribution >= 4 is 21.7 Å². The van der Waals surface area contributed by atoms with Crippen LogP contribution in [0.25, 0.3) is 0 Å². The number of rotatable bonds is 11. The topological polar surface area (TPSA) is 137 Å². The molecule has 3 aliphatic heterocycles. The summed E-state index contributed by atoms with van der Waals surface area (Å²) in [6, 6.07) is 3.41. The number of aliphatic hydroxyl groups excluding tert-OH is 1. The number of sulfonamides is 1. The summed E-state index contributed by atoms with van der Waals surface area (Å²) in [5, 5.41) is 9.82. The SMILES string of the molecule is CCNS(=O)(=O)[C@@H]1CC[C@@H](CN2CCC3(CC2)CN(c2ncncc2Oc2ccc(F)cc2C(=O)N(C(C)C)C2CCC2O)C3)OC1. The first-order valence-electron chi connectivity index (χ1n) is 16.8. The number of carbonyl (C=O) groups is 1. The number of nitrogens with zero attached hydrogens (tertiary/aromatic N) is 5. The van der Waals surface area contributed by atoms with Crippen LogP contribution in [0.15, 0.2) is 30.7 Å². The second-order valence-electron chi connectivity index (χ2n) is 13.8. The van der Waals surface area contributed by atoms with Gasteiger partial charge in [-0.25, -0.2) is 27.5 Å². The third-order valence-electron chi connectivity index (χ3n) is 10.2. The minimum absolute atomic E-state index is 0.0466. The number of nitrogens with one attached hydrogen (secondary N) is 1. The van der Waals surface area contributed by atoms with Crippen molar-refractivity contribution in [1.82, 2.24) is 24.5 Å². The van der Waals surface area contributed by atoms with Crippen LogP contribution in [0.4, 0.5) is 10.2 Å². The van der Waals surface area contributed by atoms with Gasteiger partial charge in [0.15, 0.2) is 11.6 Å². The van der Waals surface area contributed by atoms with E-state index in [1.807, 2.05) is 13.8 Å². The molecule has 3 saturated heterocycles. The van der Waals surface area contributed by atoms with Crippen LogP contribution in [-0.4, -0.2) is 115 Å². The maximum atomic E-state index is 14.5. The molecular formula is C33H47FN6O6S. The highest BCUT2D eigenvalue weighted by atomic mass is 32.2. The number of carbonyl (C=O) groups excluding carboxylic acids is 1. The van der Waals surface area contributed by atoms with Gasteiger partial charge in [-0.15, -0.1) is 0 Å². The summed E-state index contributed by atoms with van der Waals surface area (Å²) in [6.45, 7) is 10.5. The van der Waals surface area contributed by atoms with Crippen LogP contribution in [0.3, 0.4) is 0 Å². The number of amides is 1. The Kier molecular flexibility index (Phi) is 10.1. The van der Waals surface area contributed by atoms with Gasteiger partial charge >= 0.3 is 0 Å². The zero-order valence-electron chi connectivity index (χ0n) is 27.5. The van der Waals surface area contributed by atoms with E-state index in [1.165, 1.54) is 24.5 Å². The number of anilines is 1. The fourth-order valence-electron chi connectivity index (χ4n) is 7.41. The van der Waals surface area contributed by atoms with E-state index in [0.717, 1.165) is 52.0 Å². The predicted molar refractivity (Wildman–Crippen MR) is 175 cm³/mol. The molecule has 47 heavy (non-hydrogen) atoms. The number of halogens is 1. The van der Waals surface area contributed by atoms with Crippen molar-refractivity contribution in [2.45, 2.75) is 88.8 Å². The third-order valence-corrected chi connectivity index (χ3v) is 12.2. The second kappa shape index (κ2) is 13.9. The fourth-order valence-corrected chi connectivity index (χ4v) is 8.75. The average molecular weight is 675 g/mol. The first-order chi connectivity index (χ1) is 22.5. The van der Waals surface area contributed by atoms with Crippen molar-refractivity contribution in [3.63, 3.8) is 0 Å². The van der Waals surface area contributed by atoms with E-state index >= 15 is 0 Å². The smallest absolute Gasteiger partial charge is 0.258 e. The minimum atomic E-state index is -3.32. The lowest BCUT2D eigenvalue weighted by atomic mass is 9.72. The number of aromatic nitrogens is 2. The third kappa shape index (κ3) is 7.26. The number of hydrogen-bond donors (Lipinski definition) is 2. The van der Waals surface area contributed by atoms with E-state index < -0.39 is 27.2 Å². The van der Waals surface area contributed by atoms with Crippen LogP contribution >= 0.6 is 0 Å². The molecule has 2 unspecified atom stereocenters. The van der Waals surface area contributed by atoms with E-state index in [2.05, 4.69) is 24.5 Å². The maximum Gasteiger partial charge on any atom is 0.258 e. The Hall–Kier alpha value is -2.91. The molecule has 1 spiro atoms. The number of hydrogen-bond acceptors (Lipinski definition) is 10. The average Bonchev–Trinajstić information content (AvgIpc) is 3.03. The Morgan fingerprint density at radius 1 is 1.19 bits per heavy atom. The second-order valence-corrected chi connectivity index (χ2v) is 15.9. The molecule has 1 aliphatic carbocycles. The van der Waals surface area contributed by atoms with Crippen molar-refractivity contribution in [2.75, 3.05) is 50.8 Å². The van der Waals surface area contributed by atoms with Gasteiger partial charge in [-0.2, -0.15) is 0 Å². The molecule has 1 aromatic carbocycles. The monoisotopic (exact) mass is 674 g/mol. The standard InChI is InChI=1S/C33H47FN6O6S/c1-4-37-47(43,44)25-7-6-24(45-18-25)17-38-13-11-33(12-14-38)19-39(20-33)31-30(16-35-21-36-31)46-29-10-5-23(34)15-26(29)32(42)40(22(2)3)27-8-9-28(27)41/h5,10,15-16,21-22,24-25,27-28,37,41H,4,6-9,11-14,17-20H2,1-3H3/t24-,25+,27?,28?/m0/s1. The van der Waals surface area contributed by atoms with E-state index in [-0.39, 0.29) is 47.4 Å². The van der Waals surface area contributed by atoms with Crippen LogP contribution in [0.5, 0.6) is 11.5 Å². The van der Waals surface area contributed by atoms with Crippen LogP contribution in [0, 0.1) is 11.2 Å². The Bertz CT molecular complexity index is 1520. The molecule has 4 atom stereocenters. The van der Waals surface area contributed by atoms with E-state index in [9.17, 15) is 22.7 Å². The van der Waals surface area contributed by atoms with Crippen LogP contribution in [0.1, 0.15) is 69.7 Å². The molecule has 0 radical (unpaired) electrons. The van der Waals surface area contributed by atoms with Crippen molar-refractivity contribution < 1.29 is 32.2 Å². The number of ether oxygens (including phenoxy) is 2. The lowest BCUT2D eigenvalue weighted by Crippen LogP contribution is -2.61.